The molecule has 6 nitrogen and oxygen atoms in total. The van der Waals surface area contributed by atoms with Gasteiger partial charge in [-0.3, -0.25) is 10.1 Å². The molecular weight excluding hydrogens is 300 g/mol. The fourth-order valence-corrected chi connectivity index (χ4v) is 3.57. The molecule has 2 aliphatic heterocycles. The summed E-state index contributed by atoms with van der Waals surface area (Å²) < 4.78 is 5.24. The molecule has 112 valence electrons. The molecule has 1 aromatic rings. The first kappa shape index (κ1) is 15.6. The molecule has 20 heavy (non-hydrogen) atoms. The van der Waals surface area contributed by atoms with E-state index in [2.05, 4.69) is 15.5 Å². The molecule has 3 rings (SSSR count). The van der Waals surface area contributed by atoms with E-state index >= 15 is 0 Å². The van der Waals surface area contributed by atoms with Gasteiger partial charge in [0, 0.05) is 24.7 Å². The highest BCUT2D eigenvalue weighted by molar-refractivity contribution is 7.99. The van der Waals surface area contributed by atoms with Crippen LogP contribution < -0.4 is 5.32 Å². The van der Waals surface area contributed by atoms with Crippen molar-refractivity contribution in [2.75, 3.05) is 24.7 Å². The quantitative estimate of drug-likeness (QED) is 0.882. The van der Waals surface area contributed by atoms with E-state index in [-0.39, 0.29) is 30.3 Å². The molecular formula is C12H19ClN4O2S. The third-order valence-corrected chi connectivity index (χ3v) is 4.58. The first-order valence-electron chi connectivity index (χ1n) is 6.64. The van der Waals surface area contributed by atoms with Crippen molar-refractivity contribution in [3.63, 3.8) is 0 Å². The van der Waals surface area contributed by atoms with Gasteiger partial charge in [-0.1, -0.05) is 5.16 Å². The highest BCUT2D eigenvalue weighted by atomic mass is 35.5. The number of piperidine rings is 1. The Morgan fingerprint density at radius 1 is 1.55 bits per heavy atom. The number of aryl methyl sites for hydroxylation is 1. The van der Waals surface area contributed by atoms with Gasteiger partial charge in [-0.25, -0.2) is 0 Å². The molecule has 0 spiro atoms. The number of aromatic nitrogens is 2. The molecule has 0 aromatic carbocycles. The van der Waals surface area contributed by atoms with Gasteiger partial charge in [-0.15, -0.1) is 24.2 Å². The Hall–Kier alpha value is -0.790. The van der Waals surface area contributed by atoms with Crippen LogP contribution in [0, 0.1) is 6.92 Å². The van der Waals surface area contributed by atoms with Gasteiger partial charge in [0.2, 0.25) is 11.8 Å². The van der Waals surface area contributed by atoms with E-state index < -0.39 is 0 Å². The first-order valence-corrected chi connectivity index (χ1v) is 7.79. The third-order valence-electron chi connectivity index (χ3n) is 3.64. The lowest BCUT2D eigenvalue weighted by atomic mass is 9.97. The molecule has 2 atom stereocenters. The minimum Gasteiger partial charge on any atom is -0.341 e. The average molecular weight is 319 g/mol. The molecule has 0 aliphatic carbocycles. The van der Waals surface area contributed by atoms with Crippen LogP contribution in [0.4, 0.5) is 0 Å². The van der Waals surface area contributed by atoms with Gasteiger partial charge in [0.25, 0.3) is 0 Å². The van der Waals surface area contributed by atoms with Crippen molar-refractivity contribution in [2.24, 2.45) is 0 Å². The predicted octanol–water partition coefficient (Wildman–Crippen LogP) is 1.17. The van der Waals surface area contributed by atoms with Crippen molar-refractivity contribution in [2.45, 2.75) is 31.7 Å². The zero-order chi connectivity index (χ0) is 13.2. The summed E-state index contributed by atoms with van der Waals surface area (Å²) in [6.45, 7) is 3.35. The summed E-state index contributed by atoms with van der Waals surface area (Å²) in [5.41, 5.74) is 0. The van der Waals surface area contributed by atoms with Crippen LogP contribution in [0.1, 0.15) is 30.5 Å². The van der Waals surface area contributed by atoms with Crippen LogP contribution in [0.2, 0.25) is 0 Å². The van der Waals surface area contributed by atoms with Gasteiger partial charge >= 0.3 is 0 Å². The summed E-state index contributed by atoms with van der Waals surface area (Å²) in [5.74, 6) is 3.48. The lowest BCUT2D eigenvalue weighted by Crippen LogP contribution is -2.48. The van der Waals surface area contributed by atoms with Crippen molar-refractivity contribution in [1.29, 1.82) is 0 Å². The number of rotatable bonds is 2. The largest absolute Gasteiger partial charge is 0.341 e. The zero-order valence-electron chi connectivity index (χ0n) is 11.4. The number of nitrogens with zero attached hydrogens (tertiary/aromatic N) is 3. The summed E-state index contributed by atoms with van der Waals surface area (Å²) in [7, 11) is 0. The topological polar surface area (TPSA) is 71.3 Å². The van der Waals surface area contributed by atoms with E-state index in [1.807, 2.05) is 11.8 Å². The summed E-state index contributed by atoms with van der Waals surface area (Å²) in [4.78, 5) is 18.6. The number of thioether (sulfide) groups is 1. The van der Waals surface area contributed by atoms with Crippen molar-refractivity contribution in [3.8, 4) is 0 Å². The number of amides is 1. The van der Waals surface area contributed by atoms with Crippen molar-refractivity contribution >= 4 is 30.1 Å². The highest BCUT2D eigenvalue weighted by Gasteiger charge is 2.32. The summed E-state index contributed by atoms with van der Waals surface area (Å²) in [6, 6.07) is -0.0202. The number of carbonyl (C=O) groups excluding carboxylic acids is 1. The molecule has 2 saturated heterocycles. The lowest BCUT2D eigenvalue weighted by molar-refractivity contribution is -0.134. The zero-order valence-corrected chi connectivity index (χ0v) is 13.0. The molecule has 0 radical (unpaired) electrons. The van der Waals surface area contributed by atoms with Crippen molar-refractivity contribution < 1.29 is 9.32 Å². The Kier molecular flexibility index (Phi) is 5.29. The smallest absolute Gasteiger partial charge is 0.240 e. The van der Waals surface area contributed by atoms with E-state index in [0.717, 1.165) is 31.0 Å². The van der Waals surface area contributed by atoms with Gasteiger partial charge in [0.05, 0.1) is 12.0 Å². The van der Waals surface area contributed by atoms with E-state index in [1.54, 1.807) is 11.8 Å². The molecule has 2 aliphatic rings. The molecule has 1 N–H and O–H groups in total. The minimum atomic E-state index is -0.0202. The van der Waals surface area contributed by atoms with Gasteiger partial charge < -0.3 is 9.42 Å². The van der Waals surface area contributed by atoms with Crippen LogP contribution in [0.3, 0.4) is 0 Å². The number of carbonyl (C=O) groups is 1. The van der Waals surface area contributed by atoms with E-state index in [0.29, 0.717) is 18.3 Å². The monoisotopic (exact) mass is 318 g/mol. The Labute approximate surface area is 128 Å². The van der Waals surface area contributed by atoms with Crippen LogP contribution in [-0.4, -0.2) is 51.7 Å². The normalized spacial score (nSPS) is 26.4. The van der Waals surface area contributed by atoms with E-state index in [4.69, 9.17) is 4.52 Å². The molecule has 0 saturated carbocycles. The van der Waals surface area contributed by atoms with E-state index in [9.17, 15) is 4.79 Å². The number of hydrogen-bond donors (Lipinski definition) is 1. The molecule has 3 heterocycles. The summed E-state index contributed by atoms with van der Waals surface area (Å²) in [5, 5.41) is 7.07. The van der Waals surface area contributed by atoms with Crippen LogP contribution in [0.15, 0.2) is 4.52 Å². The fraction of sp³-hybridized carbons (Fsp3) is 0.750. The highest BCUT2D eigenvalue weighted by Crippen LogP contribution is 2.26. The Morgan fingerprint density at radius 3 is 3.05 bits per heavy atom. The standard InChI is InChI=1S/C12H18N4O2S.ClH/c1-8-14-11(18-15-8)9-3-2-4-16(5-9)12(17)10-6-19-7-13-10;/h9-10,13H,2-7H2,1H3;1H. The Bertz CT molecular complexity index is 464. The summed E-state index contributed by atoms with van der Waals surface area (Å²) in [6.07, 6.45) is 2.01. The van der Waals surface area contributed by atoms with E-state index in [1.165, 1.54) is 0 Å². The van der Waals surface area contributed by atoms with Gasteiger partial charge in [-0.05, 0) is 19.8 Å². The van der Waals surface area contributed by atoms with Gasteiger partial charge in [0.15, 0.2) is 5.82 Å². The second-order valence-electron chi connectivity index (χ2n) is 5.08. The lowest BCUT2D eigenvalue weighted by Gasteiger charge is -2.32. The SMILES string of the molecule is Cc1noc(C2CCCN(C(=O)C3CSCN3)C2)n1.Cl. The van der Waals surface area contributed by atoms with Crippen LogP contribution in [0.5, 0.6) is 0 Å². The maximum absolute atomic E-state index is 12.4. The molecule has 8 heteroatoms. The fourth-order valence-electron chi connectivity index (χ4n) is 2.63. The van der Waals surface area contributed by atoms with Crippen LogP contribution in [0.25, 0.3) is 0 Å². The Morgan fingerprint density at radius 2 is 2.40 bits per heavy atom. The predicted molar refractivity (Wildman–Crippen MR) is 79.1 cm³/mol. The van der Waals surface area contributed by atoms with Crippen LogP contribution >= 0.6 is 24.2 Å². The first-order chi connectivity index (χ1) is 9.24. The van der Waals surface area contributed by atoms with Gasteiger partial charge in [-0.2, -0.15) is 4.98 Å². The van der Waals surface area contributed by atoms with Gasteiger partial charge in [0.1, 0.15) is 0 Å². The van der Waals surface area contributed by atoms with Crippen LogP contribution in [-0.2, 0) is 4.79 Å². The maximum Gasteiger partial charge on any atom is 0.240 e. The third kappa shape index (κ3) is 3.27. The average Bonchev–Trinajstić information content (AvgIpc) is 3.09. The summed E-state index contributed by atoms with van der Waals surface area (Å²) >= 11 is 1.78. The van der Waals surface area contributed by atoms with Crippen molar-refractivity contribution in [3.05, 3.63) is 11.7 Å². The number of halogens is 1. The molecule has 2 fully saturated rings. The molecule has 0 bridgehead atoms. The number of nitrogens with one attached hydrogen (secondary N) is 1. The molecule has 1 aromatic heterocycles. The minimum absolute atomic E-state index is 0. The second-order valence-corrected chi connectivity index (χ2v) is 6.11. The second kappa shape index (κ2) is 6.78. The number of likely N-dealkylation sites (tertiary alicyclic amines) is 1. The molecule has 1 amide bonds. The maximum atomic E-state index is 12.4. The molecule has 2 unspecified atom stereocenters. The van der Waals surface area contributed by atoms with Crippen molar-refractivity contribution in [1.82, 2.24) is 20.4 Å². The Balaban J connectivity index is 0.00000147. The number of hydrogen-bond acceptors (Lipinski definition) is 6.